The number of hydrogen-bond acceptors (Lipinski definition) is 10. The van der Waals surface area contributed by atoms with Crippen molar-refractivity contribution in [2.45, 2.75) is 63.8 Å². The number of methoxy groups -OCH3 is 2. The Morgan fingerprint density at radius 3 is 2.52 bits per heavy atom. The molecule has 4 atom stereocenters. The maximum Gasteiger partial charge on any atom is 0.411 e. The molecule has 2 heterocycles. The van der Waals surface area contributed by atoms with Gasteiger partial charge in [0.05, 0.1) is 32.9 Å². The molecule has 42 heavy (non-hydrogen) atoms. The molecular formula is C30H37N3O9. The van der Waals surface area contributed by atoms with Gasteiger partial charge in [-0.2, -0.15) is 0 Å². The number of amides is 2. The fourth-order valence-electron chi connectivity index (χ4n) is 5.01. The van der Waals surface area contributed by atoms with Gasteiger partial charge in [0.2, 0.25) is 5.91 Å². The molecule has 1 aliphatic carbocycles. The van der Waals surface area contributed by atoms with Gasteiger partial charge in [0.15, 0.2) is 5.69 Å². The van der Waals surface area contributed by atoms with Gasteiger partial charge in [0.1, 0.15) is 34.8 Å². The Bertz CT molecular complexity index is 1400. The SMILES string of the molecule is C=C[C@H]1C[C@]1(NC(=O)[C@@H]1C[C@@H](Oc2cc(C(=O)OC)nc3cc(OC)ccc23)CN1C(=O)OC(C)(C)C)C(=O)OCC. The second-order valence-corrected chi connectivity index (χ2v) is 11.2. The summed E-state index contributed by atoms with van der Waals surface area (Å²) < 4.78 is 27.3. The molecule has 12 nitrogen and oxygen atoms in total. The molecule has 2 aromatic rings. The summed E-state index contributed by atoms with van der Waals surface area (Å²) in [7, 11) is 2.77. The van der Waals surface area contributed by atoms with E-state index in [0.717, 1.165) is 0 Å². The van der Waals surface area contributed by atoms with Gasteiger partial charge in [0.25, 0.3) is 0 Å². The summed E-state index contributed by atoms with van der Waals surface area (Å²) in [6, 6.07) is 5.59. The van der Waals surface area contributed by atoms with Crippen LogP contribution in [-0.2, 0) is 23.8 Å². The van der Waals surface area contributed by atoms with Crippen LogP contribution in [0.3, 0.4) is 0 Å². The van der Waals surface area contributed by atoms with Crippen LogP contribution in [0.15, 0.2) is 36.9 Å². The van der Waals surface area contributed by atoms with Gasteiger partial charge in [-0.05, 0) is 46.2 Å². The number of pyridine rings is 1. The van der Waals surface area contributed by atoms with Crippen LogP contribution in [0.1, 0.15) is 51.0 Å². The summed E-state index contributed by atoms with van der Waals surface area (Å²) >= 11 is 0. The van der Waals surface area contributed by atoms with Gasteiger partial charge in [-0.3, -0.25) is 9.69 Å². The van der Waals surface area contributed by atoms with E-state index in [0.29, 0.717) is 28.8 Å². The first-order valence-corrected chi connectivity index (χ1v) is 13.7. The lowest BCUT2D eigenvalue weighted by Gasteiger charge is -2.28. The number of rotatable bonds is 9. The third-order valence-corrected chi connectivity index (χ3v) is 7.15. The van der Waals surface area contributed by atoms with E-state index in [2.05, 4.69) is 16.9 Å². The van der Waals surface area contributed by atoms with Crippen LogP contribution in [0, 0.1) is 5.92 Å². The Hall–Kier alpha value is -4.35. The number of aromatic nitrogens is 1. The number of carbonyl (C=O) groups excluding carboxylic acids is 4. The number of nitrogens with one attached hydrogen (secondary N) is 1. The highest BCUT2D eigenvalue weighted by Gasteiger charge is 2.62. The fourth-order valence-corrected chi connectivity index (χ4v) is 5.01. The summed E-state index contributed by atoms with van der Waals surface area (Å²) in [6.45, 7) is 10.8. The molecule has 1 aliphatic heterocycles. The summed E-state index contributed by atoms with van der Waals surface area (Å²) in [6.07, 6.45) is 0.680. The van der Waals surface area contributed by atoms with Gasteiger partial charge in [0, 0.05) is 29.9 Å². The lowest BCUT2D eigenvalue weighted by atomic mass is 10.1. The third kappa shape index (κ3) is 6.27. The molecule has 0 unspecified atom stereocenters. The summed E-state index contributed by atoms with van der Waals surface area (Å²) in [5.74, 6) is -1.19. The summed E-state index contributed by atoms with van der Waals surface area (Å²) in [5, 5.41) is 3.42. The van der Waals surface area contributed by atoms with Crippen molar-refractivity contribution in [3.05, 3.63) is 42.6 Å². The zero-order chi connectivity index (χ0) is 30.8. The highest BCUT2D eigenvalue weighted by atomic mass is 16.6. The molecular weight excluding hydrogens is 546 g/mol. The van der Waals surface area contributed by atoms with E-state index in [1.54, 1.807) is 52.0 Å². The summed E-state index contributed by atoms with van der Waals surface area (Å²) in [4.78, 5) is 57.7. The van der Waals surface area contributed by atoms with Crippen LogP contribution >= 0.6 is 0 Å². The van der Waals surface area contributed by atoms with Gasteiger partial charge >= 0.3 is 18.0 Å². The van der Waals surface area contributed by atoms with Gasteiger partial charge in [-0.15, -0.1) is 6.58 Å². The van der Waals surface area contributed by atoms with Gasteiger partial charge < -0.3 is 29.0 Å². The molecule has 1 aromatic heterocycles. The lowest BCUT2D eigenvalue weighted by Crippen LogP contribution is -2.53. The topological polar surface area (TPSA) is 143 Å². The minimum absolute atomic E-state index is 0.0117. The molecule has 0 spiro atoms. The molecule has 2 amide bonds. The predicted molar refractivity (Wildman–Crippen MR) is 151 cm³/mol. The first-order chi connectivity index (χ1) is 19.8. The summed E-state index contributed by atoms with van der Waals surface area (Å²) in [5.41, 5.74) is -1.60. The number of nitrogens with zero attached hydrogens (tertiary/aromatic N) is 2. The van der Waals surface area contributed by atoms with Crippen LogP contribution < -0.4 is 14.8 Å². The number of esters is 2. The molecule has 1 saturated heterocycles. The van der Waals surface area contributed by atoms with Crippen LogP contribution in [-0.4, -0.2) is 84.5 Å². The normalized spacial score (nSPS) is 23.1. The maximum absolute atomic E-state index is 13.7. The Balaban J connectivity index is 1.65. The second-order valence-electron chi connectivity index (χ2n) is 11.2. The molecule has 4 rings (SSSR count). The average Bonchev–Trinajstić information content (AvgIpc) is 3.50. The van der Waals surface area contributed by atoms with Crippen molar-refractivity contribution in [3.8, 4) is 11.5 Å². The molecule has 0 radical (unpaired) electrons. The van der Waals surface area contributed by atoms with E-state index in [1.165, 1.54) is 25.2 Å². The van der Waals surface area contributed by atoms with E-state index in [1.807, 2.05) is 0 Å². The Morgan fingerprint density at radius 1 is 1.19 bits per heavy atom. The molecule has 2 fully saturated rings. The van der Waals surface area contributed by atoms with Crippen LogP contribution in [0.25, 0.3) is 10.9 Å². The second kappa shape index (κ2) is 11.9. The molecule has 226 valence electrons. The van der Waals surface area contributed by atoms with Crippen molar-refractivity contribution in [1.82, 2.24) is 15.2 Å². The highest BCUT2D eigenvalue weighted by Crippen LogP contribution is 2.46. The maximum atomic E-state index is 13.7. The van der Waals surface area contributed by atoms with Crippen molar-refractivity contribution in [2.75, 3.05) is 27.4 Å². The average molecular weight is 584 g/mol. The number of hydrogen-bond donors (Lipinski definition) is 1. The van der Waals surface area contributed by atoms with Crippen molar-refractivity contribution < 1.29 is 42.9 Å². The van der Waals surface area contributed by atoms with E-state index in [4.69, 9.17) is 23.7 Å². The number of carbonyl (C=O) groups is 4. The minimum Gasteiger partial charge on any atom is -0.497 e. The number of benzene rings is 1. The van der Waals surface area contributed by atoms with Crippen LogP contribution in [0.2, 0.25) is 0 Å². The third-order valence-electron chi connectivity index (χ3n) is 7.15. The molecule has 1 saturated carbocycles. The Kier molecular flexibility index (Phi) is 8.65. The molecule has 2 aliphatic rings. The van der Waals surface area contributed by atoms with Crippen molar-refractivity contribution in [3.63, 3.8) is 0 Å². The van der Waals surface area contributed by atoms with E-state index >= 15 is 0 Å². The standard InChI is InChI=1S/C30H37N3O9/c1-8-17-15-30(17,27(36)40-9-2)32-25(34)23-13-19(16-33(23)28(37)42-29(3,4)5)41-24-14-22(26(35)39-7)31-21-12-18(38-6)10-11-20(21)24/h8,10-12,14,17,19,23H,1,9,13,15-16H2,2-7H3,(H,32,34)/t17-,19+,23-,30+/m0/s1. The lowest BCUT2D eigenvalue weighted by molar-refractivity contribution is -0.149. The largest absolute Gasteiger partial charge is 0.497 e. The fraction of sp³-hybridized carbons (Fsp3) is 0.500. The van der Waals surface area contributed by atoms with Gasteiger partial charge in [-0.1, -0.05) is 6.08 Å². The first kappa shape index (κ1) is 30.6. The smallest absolute Gasteiger partial charge is 0.411 e. The Labute approximate surface area is 244 Å². The van der Waals surface area contributed by atoms with E-state index in [-0.39, 0.29) is 31.2 Å². The molecule has 1 N–H and O–H groups in total. The van der Waals surface area contributed by atoms with E-state index in [9.17, 15) is 19.2 Å². The first-order valence-electron chi connectivity index (χ1n) is 13.7. The monoisotopic (exact) mass is 583 g/mol. The molecule has 12 heteroatoms. The van der Waals surface area contributed by atoms with Crippen molar-refractivity contribution >= 4 is 34.8 Å². The van der Waals surface area contributed by atoms with Crippen molar-refractivity contribution in [1.29, 1.82) is 0 Å². The molecule has 1 aromatic carbocycles. The minimum atomic E-state index is -1.23. The Morgan fingerprint density at radius 2 is 1.93 bits per heavy atom. The number of ether oxygens (including phenoxy) is 5. The zero-order valence-electron chi connectivity index (χ0n) is 24.7. The number of fused-ring (bicyclic) bond motifs is 1. The van der Waals surface area contributed by atoms with Crippen molar-refractivity contribution in [2.24, 2.45) is 5.92 Å². The van der Waals surface area contributed by atoms with E-state index < -0.39 is 47.2 Å². The highest BCUT2D eigenvalue weighted by molar-refractivity contribution is 5.96. The van der Waals surface area contributed by atoms with Gasteiger partial charge in [-0.25, -0.2) is 19.4 Å². The quantitative estimate of drug-likeness (QED) is 0.265. The zero-order valence-corrected chi connectivity index (χ0v) is 24.7. The molecule has 0 bridgehead atoms. The number of likely N-dealkylation sites (tertiary alicyclic amines) is 1. The predicted octanol–water partition coefficient (Wildman–Crippen LogP) is 3.41. The van der Waals surface area contributed by atoms with Crippen LogP contribution in [0.4, 0.5) is 4.79 Å². The van der Waals surface area contributed by atoms with Crippen LogP contribution in [0.5, 0.6) is 11.5 Å².